The fourth-order valence-electron chi connectivity index (χ4n) is 2.66. The van der Waals surface area contributed by atoms with Crippen molar-refractivity contribution in [1.82, 2.24) is 4.98 Å². The zero-order valence-corrected chi connectivity index (χ0v) is 12.2. The van der Waals surface area contributed by atoms with E-state index in [1.807, 2.05) is 18.5 Å². The van der Waals surface area contributed by atoms with E-state index in [1.54, 1.807) is 0 Å². The molecule has 0 bridgehead atoms. The average Bonchev–Trinajstić information content (AvgIpc) is 2.72. The lowest BCUT2D eigenvalue weighted by Crippen LogP contribution is -2.25. The van der Waals surface area contributed by atoms with Gasteiger partial charge in [-0.2, -0.15) is 0 Å². The molecule has 0 spiro atoms. The van der Waals surface area contributed by atoms with Gasteiger partial charge in [0.05, 0.1) is 11.9 Å². The summed E-state index contributed by atoms with van der Waals surface area (Å²) in [5, 5.41) is 3.44. The molecule has 1 aromatic heterocycles. The van der Waals surface area contributed by atoms with Gasteiger partial charge in [0, 0.05) is 24.7 Å². The Balaban J connectivity index is 1.80. The normalized spacial score (nSPS) is 15.6. The number of ether oxygens (including phenoxy) is 1. The highest BCUT2D eigenvalue weighted by molar-refractivity contribution is 5.51. The van der Waals surface area contributed by atoms with Crippen LogP contribution in [0.15, 0.2) is 36.7 Å². The second kappa shape index (κ2) is 4.82. The maximum Gasteiger partial charge on any atom is 0.128 e. The number of benzene rings is 1. The van der Waals surface area contributed by atoms with Crippen molar-refractivity contribution in [3.8, 4) is 5.75 Å². The average molecular weight is 268 g/mol. The summed E-state index contributed by atoms with van der Waals surface area (Å²) in [6.45, 7) is 7.11. The second-order valence-corrected chi connectivity index (χ2v) is 5.99. The highest BCUT2D eigenvalue weighted by Gasteiger charge is 2.31. The van der Waals surface area contributed by atoms with E-state index in [0.29, 0.717) is 0 Å². The third-order valence-corrected chi connectivity index (χ3v) is 3.68. The molecule has 2 heterocycles. The van der Waals surface area contributed by atoms with Crippen molar-refractivity contribution in [1.29, 1.82) is 0 Å². The molecule has 0 aliphatic carbocycles. The molecular weight excluding hydrogens is 248 g/mol. The van der Waals surface area contributed by atoms with Crippen molar-refractivity contribution < 1.29 is 4.74 Å². The summed E-state index contributed by atoms with van der Waals surface area (Å²) in [5.74, 6) is 1.05. The van der Waals surface area contributed by atoms with E-state index >= 15 is 0 Å². The van der Waals surface area contributed by atoms with Crippen molar-refractivity contribution in [2.24, 2.45) is 0 Å². The van der Waals surface area contributed by atoms with Crippen LogP contribution in [0.4, 0.5) is 5.69 Å². The van der Waals surface area contributed by atoms with Gasteiger partial charge in [0.1, 0.15) is 11.4 Å². The smallest absolute Gasteiger partial charge is 0.128 e. The number of hydrogen-bond donors (Lipinski definition) is 1. The molecule has 1 aliphatic heterocycles. The Hall–Kier alpha value is -2.03. The molecule has 0 saturated heterocycles. The summed E-state index contributed by atoms with van der Waals surface area (Å²) in [6.07, 6.45) is 4.65. The summed E-state index contributed by atoms with van der Waals surface area (Å²) in [6, 6.07) is 8.40. The number of anilines is 1. The van der Waals surface area contributed by atoms with Gasteiger partial charge in [-0.15, -0.1) is 0 Å². The molecule has 0 unspecified atom stereocenters. The summed E-state index contributed by atoms with van der Waals surface area (Å²) in [7, 11) is 0. The van der Waals surface area contributed by atoms with E-state index in [2.05, 4.69) is 49.3 Å². The zero-order chi connectivity index (χ0) is 14.2. The number of aryl methyl sites for hydroxylation is 1. The van der Waals surface area contributed by atoms with Gasteiger partial charge in [0.15, 0.2) is 0 Å². The summed E-state index contributed by atoms with van der Waals surface area (Å²) >= 11 is 0. The Kier molecular flexibility index (Phi) is 3.13. The number of aromatic nitrogens is 1. The molecule has 0 fully saturated rings. The van der Waals surface area contributed by atoms with Crippen molar-refractivity contribution in [2.45, 2.75) is 39.3 Å². The van der Waals surface area contributed by atoms with Crippen molar-refractivity contribution >= 4 is 5.69 Å². The van der Waals surface area contributed by atoms with Gasteiger partial charge in [-0.05, 0) is 38.0 Å². The lowest BCUT2D eigenvalue weighted by atomic mass is 10.0. The Labute approximate surface area is 120 Å². The van der Waals surface area contributed by atoms with Crippen LogP contribution < -0.4 is 10.1 Å². The van der Waals surface area contributed by atoms with E-state index in [1.165, 1.54) is 16.7 Å². The molecule has 0 saturated carbocycles. The molecule has 0 amide bonds. The Morgan fingerprint density at radius 1 is 1.30 bits per heavy atom. The van der Waals surface area contributed by atoms with E-state index in [4.69, 9.17) is 4.74 Å². The van der Waals surface area contributed by atoms with Crippen LogP contribution in [-0.4, -0.2) is 10.6 Å². The number of fused-ring (bicyclic) bond motifs is 1. The minimum atomic E-state index is -0.0946. The van der Waals surface area contributed by atoms with Gasteiger partial charge in [0.25, 0.3) is 0 Å². The Bertz CT molecular complexity index is 635. The van der Waals surface area contributed by atoms with E-state index in [9.17, 15) is 0 Å². The first-order chi connectivity index (χ1) is 9.55. The summed E-state index contributed by atoms with van der Waals surface area (Å²) in [4.78, 5) is 4.16. The van der Waals surface area contributed by atoms with E-state index < -0.39 is 0 Å². The summed E-state index contributed by atoms with van der Waals surface area (Å²) < 4.78 is 6.09. The van der Waals surface area contributed by atoms with Crippen molar-refractivity contribution in [3.63, 3.8) is 0 Å². The lowest BCUT2D eigenvalue weighted by Gasteiger charge is -2.18. The molecule has 104 valence electrons. The molecule has 1 N–H and O–H groups in total. The SMILES string of the molecule is Cc1ccncc1NCc1cccc2c1OC(C)(C)C2. The van der Waals surface area contributed by atoms with Crippen molar-refractivity contribution in [3.05, 3.63) is 53.3 Å². The minimum absolute atomic E-state index is 0.0946. The van der Waals surface area contributed by atoms with Gasteiger partial charge in [-0.3, -0.25) is 4.98 Å². The number of para-hydroxylation sites is 1. The molecule has 3 nitrogen and oxygen atoms in total. The quantitative estimate of drug-likeness (QED) is 0.921. The van der Waals surface area contributed by atoms with Crippen LogP contribution in [0, 0.1) is 6.92 Å². The maximum absolute atomic E-state index is 6.09. The monoisotopic (exact) mass is 268 g/mol. The van der Waals surface area contributed by atoms with Crippen LogP contribution in [0.3, 0.4) is 0 Å². The first-order valence-corrected chi connectivity index (χ1v) is 6.99. The molecule has 20 heavy (non-hydrogen) atoms. The first kappa shape index (κ1) is 13.0. The minimum Gasteiger partial charge on any atom is -0.487 e. The number of pyridine rings is 1. The van der Waals surface area contributed by atoms with Crippen LogP contribution >= 0.6 is 0 Å². The second-order valence-electron chi connectivity index (χ2n) is 5.99. The number of hydrogen-bond acceptors (Lipinski definition) is 3. The lowest BCUT2D eigenvalue weighted by molar-refractivity contribution is 0.137. The molecule has 0 atom stereocenters. The van der Waals surface area contributed by atoms with Gasteiger partial charge in [-0.1, -0.05) is 18.2 Å². The number of nitrogens with zero attached hydrogens (tertiary/aromatic N) is 1. The topological polar surface area (TPSA) is 34.2 Å². The molecule has 3 heteroatoms. The number of nitrogens with one attached hydrogen (secondary N) is 1. The van der Waals surface area contributed by atoms with Crippen LogP contribution in [-0.2, 0) is 13.0 Å². The fourth-order valence-corrected chi connectivity index (χ4v) is 2.66. The zero-order valence-electron chi connectivity index (χ0n) is 12.2. The van der Waals surface area contributed by atoms with Crippen LogP contribution in [0.1, 0.15) is 30.5 Å². The van der Waals surface area contributed by atoms with Gasteiger partial charge >= 0.3 is 0 Å². The third kappa shape index (κ3) is 2.48. The molecule has 1 aromatic carbocycles. The largest absolute Gasteiger partial charge is 0.487 e. The first-order valence-electron chi connectivity index (χ1n) is 6.99. The van der Waals surface area contributed by atoms with Gasteiger partial charge in [-0.25, -0.2) is 0 Å². The molecule has 0 radical (unpaired) electrons. The van der Waals surface area contributed by atoms with Crippen LogP contribution in [0.25, 0.3) is 0 Å². The van der Waals surface area contributed by atoms with Crippen LogP contribution in [0.5, 0.6) is 5.75 Å². The van der Waals surface area contributed by atoms with Crippen LogP contribution in [0.2, 0.25) is 0 Å². The Morgan fingerprint density at radius 2 is 2.15 bits per heavy atom. The van der Waals surface area contributed by atoms with Crippen molar-refractivity contribution in [2.75, 3.05) is 5.32 Å². The fraction of sp³-hybridized carbons (Fsp3) is 0.353. The molecule has 1 aliphatic rings. The third-order valence-electron chi connectivity index (χ3n) is 3.68. The predicted molar refractivity (Wildman–Crippen MR) is 81.2 cm³/mol. The summed E-state index contributed by atoms with van der Waals surface area (Å²) in [5.41, 5.74) is 4.69. The molecule has 3 rings (SSSR count). The Morgan fingerprint density at radius 3 is 2.95 bits per heavy atom. The van der Waals surface area contributed by atoms with E-state index in [0.717, 1.165) is 24.4 Å². The predicted octanol–water partition coefficient (Wildman–Crippen LogP) is 3.72. The molecular formula is C17H20N2O. The van der Waals surface area contributed by atoms with E-state index in [-0.39, 0.29) is 5.60 Å². The number of rotatable bonds is 3. The standard InChI is InChI=1S/C17H20N2O/c1-12-7-8-18-11-15(12)19-10-14-6-4-5-13-9-17(2,3)20-16(13)14/h4-8,11,19H,9-10H2,1-3H3. The highest BCUT2D eigenvalue weighted by Crippen LogP contribution is 2.37. The highest BCUT2D eigenvalue weighted by atomic mass is 16.5. The molecule has 2 aromatic rings. The maximum atomic E-state index is 6.09. The van der Waals surface area contributed by atoms with Gasteiger partial charge < -0.3 is 10.1 Å². The van der Waals surface area contributed by atoms with Gasteiger partial charge in [0.2, 0.25) is 0 Å².